The van der Waals surface area contributed by atoms with Gasteiger partial charge in [-0.3, -0.25) is 0 Å². The second-order valence-corrected chi connectivity index (χ2v) is 9.66. The largest absolute Gasteiger partial charge is 0.446 e. The van der Waals surface area contributed by atoms with E-state index in [-0.39, 0.29) is 17.7 Å². The summed E-state index contributed by atoms with van der Waals surface area (Å²) in [5, 5.41) is 0. The van der Waals surface area contributed by atoms with Crippen molar-refractivity contribution in [1.29, 1.82) is 0 Å². The predicted molar refractivity (Wildman–Crippen MR) is 102 cm³/mol. The van der Waals surface area contributed by atoms with Crippen LogP contribution in [0.3, 0.4) is 0 Å². The minimum absolute atomic E-state index is 0.0410. The Morgan fingerprint density at radius 3 is 2.12 bits per heavy atom. The summed E-state index contributed by atoms with van der Waals surface area (Å²) in [6.07, 6.45) is 8.38. The van der Waals surface area contributed by atoms with Crippen molar-refractivity contribution < 1.29 is 9.53 Å². The lowest BCUT2D eigenvalue weighted by Gasteiger charge is -2.45. The average molecular weight is 351 g/mol. The molecule has 4 nitrogen and oxygen atoms in total. The van der Waals surface area contributed by atoms with Gasteiger partial charge in [-0.15, -0.1) is 0 Å². The third-order valence-electron chi connectivity index (χ3n) is 7.47. The maximum Gasteiger partial charge on any atom is 0.410 e. The first-order chi connectivity index (χ1) is 11.8. The maximum absolute atomic E-state index is 13.2. The third kappa shape index (κ3) is 3.43. The van der Waals surface area contributed by atoms with Crippen LogP contribution in [0, 0.1) is 17.3 Å². The number of carbonyl (C=O) groups excluding carboxylic acids is 1. The first-order valence-corrected chi connectivity index (χ1v) is 10.5. The van der Waals surface area contributed by atoms with Crippen LogP contribution in [0.15, 0.2) is 0 Å². The highest BCUT2D eigenvalue weighted by Gasteiger charge is 2.58. The van der Waals surface area contributed by atoms with E-state index in [2.05, 4.69) is 44.5 Å². The fourth-order valence-electron chi connectivity index (χ4n) is 5.94. The van der Waals surface area contributed by atoms with Crippen LogP contribution in [0.2, 0.25) is 0 Å². The molecule has 2 saturated heterocycles. The normalized spacial score (nSPS) is 26.9. The zero-order valence-corrected chi connectivity index (χ0v) is 17.0. The number of hydrogen-bond acceptors (Lipinski definition) is 3. The van der Waals surface area contributed by atoms with E-state index in [9.17, 15) is 4.79 Å². The fraction of sp³-hybridized carbons (Fsp3) is 0.952. The summed E-state index contributed by atoms with van der Waals surface area (Å²) in [5.74, 6) is 0.912. The van der Waals surface area contributed by atoms with Gasteiger partial charge in [0.1, 0.15) is 6.10 Å². The number of carbonyl (C=O) groups is 1. The SMILES string of the molecule is CC(C)C1(C(C)C)CC2(CCCC2)CN1C(=O)OC1CCN(C)CC1. The number of hydrogen-bond donors (Lipinski definition) is 0. The van der Waals surface area contributed by atoms with Gasteiger partial charge < -0.3 is 14.5 Å². The van der Waals surface area contributed by atoms with Crippen molar-refractivity contribution >= 4 is 6.09 Å². The van der Waals surface area contributed by atoms with E-state index in [1.807, 2.05) is 0 Å². The van der Waals surface area contributed by atoms with E-state index in [0.717, 1.165) is 38.9 Å². The Kier molecular flexibility index (Phi) is 5.39. The minimum Gasteiger partial charge on any atom is -0.446 e. The van der Waals surface area contributed by atoms with Crippen LogP contribution in [0.1, 0.15) is 72.6 Å². The molecule has 25 heavy (non-hydrogen) atoms. The van der Waals surface area contributed by atoms with Crippen molar-refractivity contribution in [2.75, 3.05) is 26.7 Å². The number of amides is 1. The van der Waals surface area contributed by atoms with E-state index < -0.39 is 0 Å². The number of likely N-dealkylation sites (tertiary alicyclic amines) is 2. The highest BCUT2D eigenvalue weighted by molar-refractivity contribution is 5.70. The second kappa shape index (κ2) is 7.09. The van der Waals surface area contributed by atoms with E-state index in [0.29, 0.717) is 17.3 Å². The molecule has 0 N–H and O–H groups in total. The van der Waals surface area contributed by atoms with Crippen LogP contribution < -0.4 is 0 Å². The molecule has 0 aromatic rings. The van der Waals surface area contributed by atoms with Gasteiger partial charge in [0, 0.05) is 19.6 Å². The maximum atomic E-state index is 13.2. The highest BCUT2D eigenvalue weighted by atomic mass is 16.6. The van der Waals surface area contributed by atoms with Gasteiger partial charge in [0.05, 0.1) is 5.54 Å². The zero-order valence-electron chi connectivity index (χ0n) is 17.0. The van der Waals surface area contributed by atoms with Crippen LogP contribution in [0.5, 0.6) is 0 Å². The summed E-state index contributed by atoms with van der Waals surface area (Å²) >= 11 is 0. The van der Waals surface area contributed by atoms with Gasteiger partial charge in [-0.1, -0.05) is 40.5 Å². The molecule has 0 unspecified atom stereocenters. The molecule has 1 spiro atoms. The van der Waals surface area contributed by atoms with Crippen molar-refractivity contribution in [3.63, 3.8) is 0 Å². The lowest BCUT2D eigenvalue weighted by Crippen LogP contribution is -2.55. The van der Waals surface area contributed by atoms with Crippen LogP contribution >= 0.6 is 0 Å². The van der Waals surface area contributed by atoms with E-state index in [4.69, 9.17) is 4.74 Å². The Hall–Kier alpha value is -0.770. The standard InChI is InChI=1S/C21H38N2O2/c1-16(2)21(17(3)4)14-20(10-6-7-11-20)15-23(21)19(24)25-18-8-12-22(5)13-9-18/h16-18H,6-15H2,1-5H3. The third-order valence-corrected chi connectivity index (χ3v) is 7.47. The molecule has 3 aliphatic rings. The molecule has 144 valence electrons. The Morgan fingerprint density at radius 2 is 1.60 bits per heavy atom. The van der Waals surface area contributed by atoms with Gasteiger partial charge in [-0.25, -0.2) is 4.79 Å². The number of nitrogens with zero attached hydrogens (tertiary/aromatic N) is 2. The van der Waals surface area contributed by atoms with Gasteiger partial charge in [-0.05, 0) is 56.4 Å². The molecule has 2 aliphatic heterocycles. The Balaban J connectivity index is 1.79. The van der Waals surface area contributed by atoms with Gasteiger partial charge in [-0.2, -0.15) is 0 Å². The summed E-state index contributed by atoms with van der Waals surface area (Å²) in [4.78, 5) is 17.7. The lowest BCUT2D eigenvalue weighted by molar-refractivity contribution is -0.00702. The summed E-state index contributed by atoms with van der Waals surface area (Å²) in [6.45, 7) is 12.2. The molecule has 4 heteroatoms. The van der Waals surface area contributed by atoms with Crippen molar-refractivity contribution in [1.82, 2.24) is 9.80 Å². The number of piperidine rings is 1. The predicted octanol–water partition coefficient (Wildman–Crippen LogP) is 4.53. The molecule has 0 aromatic heterocycles. The Labute approximate surface area is 154 Å². The van der Waals surface area contributed by atoms with E-state index >= 15 is 0 Å². The lowest BCUT2D eigenvalue weighted by atomic mass is 9.69. The molecule has 3 rings (SSSR count). The van der Waals surface area contributed by atoms with Crippen LogP contribution in [-0.2, 0) is 4.74 Å². The van der Waals surface area contributed by atoms with Crippen molar-refractivity contribution in [3.05, 3.63) is 0 Å². The van der Waals surface area contributed by atoms with Gasteiger partial charge in [0.25, 0.3) is 0 Å². The van der Waals surface area contributed by atoms with Gasteiger partial charge >= 0.3 is 6.09 Å². The van der Waals surface area contributed by atoms with E-state index in [1.165, 1.54) is 25.7 Å². The van der Waals surface area contributed by atoms with Gasteiger partial charge in [0.15, 0.2) is 0 Å². The highest BCUT2D eigenvalue weighted by Crippen LogP contribution is 2.56. The zero-order chi connectivity index (χ0) is 18.2. The number of rotatable bonds is 3. The first kappa shape index (κ1) is 19.0. The summed E-state index contributed by atoms with van der Waals surface area (Å²) < 4.78 is 6.04. The Morgan fingerprint density at radius 1 is 1.04 bits per heavy atom. The molecule has 0 aromatic carbocycles. The van der Waals surface area contributed by atoms with Gasteiger partial charge in [0.2, 0.25) is 0 Å². The molecule has 1 saturated carbocycles. The van der Waals surface area contributed by atoms with Crippen LogP contribution in [0.25, 0.3) is 0 Å². The Bertz CT molecular complexity index is 466. The molecule has 1 aliphatic carbocycles. The topological polar surface area (TPSA) is 32.8 Å². The monoisotopic (exact) mass is 350 g/mol. The second-order valence-electron chi connectivity index (χ2n) is 9.66. The quantitative estimate of drug-likeness (QED) is 0.749. The summed E-state index contributed by atoms with van der Waals surface area (Å²) in [7, 11) is 2.14. The van der Waals surface area contributed by atoms with Crippen molar-refractivity contribution in [2.24, 2.45) is 17.3 Å². The molecule has 0 bridgehead atoms. The minimum atomic E-state index is -0.0487. The van der Waals surface area contributed by atoms with E-state index in [1.54, 1.807) is 0 Å². The molecule has 3 fully saturated rings. The smallest absolute Gasteiger partial charge is 0.410 e. The molecular formula is C21H38N2O2. The van der Waals surface area contributed by atoms with Crippen molar-refractivity contribution in [2.45, 2.75) is 84.3 Å². The molecule has 0 atom stereocenters. The fourth-order valence-corrected chi connectivity index (χ4v) is 5.94. The van der Waals surface area contributed by atoms with Crippen molar-refractivity contribution in [3.8, 4) is 0 Å². The average Bonchev–Trinajstić information content (AvgIpc) is 3.15. The molecule has 2 heterocycles. The first-order valence-electron chi connectivity index (χ1n) is 10.5. The number of ether oxygens (including phenoxy) is 1. The summed E-state index contributed by atoms with van der Waals surface area (Å²) in [6, 6.07) is 0. The molecular weight excluding hydrogens is 312 g/mol. The van der Waals surface area contributed by atoms with Crippen LogP contribution in [-0.4, -0.2) is 54.2 Å². The molecule has 0 radical (unpaired) electrons. The van der Waals surface area contributed by atoms with Crippen LogP contribution in [0.4, 0.5) is 4.79 Å². The molecule has 1 amide bonds. The summed E-state index contributed by atoms with van der Waals surface area (Å²) in [5.41, 5.74) is 0.299.